The van der Waals surface area contributed by atoms with E-state index in [4.69, 9.17) is 4.42 Å². The molecule has 4 heteroatoms. The van der Waals surface area contributed by atoms with Crippen molar-refractivity contribution < 1.29 is 8.81 Å². The van der Waals surface area contributed by atoms with Gasteiger partial charge in [-0.15, -0.1) is 0 Å². The van der Waals surface area contributed by atoms with E-state index in [1.54, 1.807) is 13.2 Å². The summed E-state index contributed by atoms with van der Waals surface area (Å²) in [5.41, 5.74) is -0.259. The van der Waals surface area contributed by atoms with Crippen molar-refractivity contribution in [2.75, 3.05) is 18.0 Å². The van der Waals surface area contributed by atoms with Gasteiger partial charge in [0.25, 0.3) is 6.01 Å². The predicted octanol–water partition coefficient (Wildman–Crippen LogP) is 1.92. The lowest BCUT2D eigenvalue weighted by atomic mass is 10.1. The molecule has 0 N–H and O–H groups in total. The maximum atomic E-state index is 13.4. The van der Waals surface area contributed by atoms with Gasteiger partial charge in [-0.25, -0.2) is 4.39 Å². The van der Waals surface area contributed by atoms with Gasteiger partial charge in [0.1, 0.15) is 11.9 Å². The van der Waals surface area contributed by atoms with Crippen molar-refractivity contribution >= 4 is 6.01 Å². The molecule has 13 heavy (non-hydrogen) atoms. The zero-order valence-electron chi connectivity index (χ0n) is 7.88. The van der Waals surface area contributed by atoms with Crippen molar-refractivity contribution in [3.05, 3.63) is 12.0 Å². The first-order chi connectivity index (χ1) is 6.07. The Morgan fingerprint density at radius 1 is 1.69 bits per heavy atom. The lowest BCUT2D eigenvalue weighted by Crippen LogP contribution is -2.25. The maximum Gasteiger partial charge on any atom is 0.297 e. The summed E-state index contributed by atoms with van der Waals surface area (Å²) in [5, 5.41) is 0. The summed E-state index contributed by atoms with van der Waals surface area (Å²) in [6, 6.07) is 0.541. The number of halogens is 1. The summed E-state index contributed by atoms with van der Waals surface area (Å²) in [6.07, 6.45) is 2.14. The van der Waals surface area contributed by atoms with Crippen molar-refractivity contribution in [2.45, 2.75) is 25.9 Å². The van der Waals surface area contributed by atoms with Crippen LogP contribution < -0.4 is 4.90 Å². The molecule has 0 aliphatic carbocycles. The fraction of sp³-hybridized carbons (Fsp3) is 0.667. The van der Waals surface area contributed by atoms with Crippen molar-refractivity contribution in [3.8, 4) is 0 Å². The molecular formula is C9H13FN2O. The Kier molecular flexibility index (Phi) is 1.78. The number of oxazole rings is 1. The summed E-state index contributed by atoms with van der Waals surface area (Å²) < 4.78 is 18.6. The largest absolute Gasteiger partial charge is 0.432 e. The second-order valence-electron chi connectivity index (χ2n) is 3.86. The minimum Gasteiger partial charge on any atom is -0.432 e. The molecule has 3 nitrogen and oxygen atoms in total. The monoisotopic (exact) mass is 184 g/mol. The fourth-order valence-corrected chi connectivity index (χ4v) is 1.57. The standard InChI is InChI=1S/C9H13FN2O/c1-7-5-13-8(11-7)12-4-3-9(2,10)6-12/h5H,3-4,6H2,1-2H3. The number of nitrogens with zero attached hydrogens (tertiary/aromatic N) is 2. The second-order valence-corrected chi connectivity index (χ2v) is 3.86. The van der Waals surface area contributed by atoms with E-state index in [9.17, 15) is 4.39 Å². The van der Waals surface area contributed by atoms with Crippen LogP contribution in [0.5, 0.6) is 0 Å². The van der Waals surface area contributed by atoms with Crippen molar-refractivity contribution in [3.63, 3.8) is 0 Å². The molecule has 1 aliphatic heterocycles. The van der Waals surface area contributed by atoms with E-state index < -0.39 is 5.67 Å². The molecule has 2 heterocycles. The van der Waals surface area contributed by atoms with Gasteiger partial charge < -0.3 is 9.32 Å². The summed E-state index contributed by atoms with van der Waals surface area (Å²) in [7, 11) is 0. The number of anilines is 1. The third-order valence-electron chi connectivity index (χ3n) is 2.30. The molecule has 72 valence electrons. The molecular weight excluding hydrogens is 171 g/mol. The lowest BCUT2D eigenvalue weighted by molar-refractivity contribution is 0.220. The van der Waals surface area contributed by atoms with Gasteiger partial charge in [-0.2, -0.15) is 4.98 Å². The molecule has 1 fully saturated rings. The molecule has 0 spiro atoms. The minimum absolute atomic E-state index is 0.382. The SMILES string of the molecule is Cc1coc(N2CCC(C)(F)C2)n1. The Labute approximate surface area is 76.6 Å². The number of aryl methyl sites for hydroxylation is 1. The fourth-order valence-electron chi connectivity index (χ4n) is 1.57. The van der Waals surface area contributed by atoms with Crippen LogP contribution in [-0.4, -0.2) is 23.7 Å². The zero-order chi connectivity index (χ0) is 9.47. The van der Waals surface area contributed by atoms with Gasteiger partial charge in [-0.3, -0.25) is 0 Å². The van der Waals surface area contributed by atoms with Gasteiger partial charge in [0.2, 0.25) is 0 Å². The molecule has 0 saturated carbocycles. The molecule has 1 aromatic heterocycles. The molecule has 0 amide bonds. The highest BCUT2D eigenvalue weighted by atomic mass is 19.1. The Hall–Kier alpha value is -1.06. The van der Waals surface area contributed by atoms with E-state index >= 15 is 0 Å². The van der Waals surface area contributed by atoms with E-state index in [2.05, 4.69) is 4.98 Å². The molecule has 1 unspecified atom stereocenters. The van der Waals surface area contributed by atoms with Crippen molar-refractivity contribution in [1.29, 1.82) is 0 Å². The topological polar surface area (TPSA) is 29.3 Å². The van der Waals surface area contributed by atoms with Gasteiger partial charge in [0.15, 0.2) is 0 Å². The summed E-state index contributed by atoms with van der Waals surface area (Å²) in [4.78, 5) is 5.99. The molecule has 1 aromatic rings. The molecule has 0 aromatic carbocycles. The molecule has 1 atom stereocenters. The third kappa shape index (κ3) is 1.66. The highest BCUT2D eigenvalue weighted by Gasteiger charge is 2.35. The van der Waals surface area contributed by atoms with Crippen LogP contribution in [0.4, 0.5) is 10.4 Å². The van der Waals surface area contributed by atoms with Gasteiger partial charge in [-0.1, -0.05) is 0 Å². The summed E-state index contributed by atoms with van der Waals surface area (Å²) >= 11 is 0. The Morgan fingerprint density at radius 3 is 2.92 bits per heavy atom. The van der Waals surface area contributed by atoms with Gasteiger partial charge in [0, 0.05) is 13.0 Å². The zero-order valence-corrected chi connectivity index (χ0v) is 7.88. The van der Waals surface area contributed by atoms with Crippen LogP contribution in [0.3, 0.4) is 0 Å². The first kappa shape index (κ1) is 8.53. The van der Waals surface area contributed by atoms with E-state index in [0.29, 0.717) is 25.5 Å². The normalized spacial score (nSPS) is 28.4. The Balaban J connectivity index is 2.12. The van der Waals surface area contributed by atoms with Crippen LogP contribution in [0.2, 0.25) is 0 Å². The molecule has 0 radical (unpaired) electrons. The smallest absolute Gasteiger partial charge is 0.297 e. The lowest BCUT2D eigenvalue weighted by Gasteiger charge is -2.14. The van der Waals surface area contributed by atoms with E-state index in [1.807, 2.05) is 11.8 Å². The molecule has 0 bridgehead atoms. The van der Waals surface area contributed by atoms with Crippen LogP contribution in [0.15, 0.2) is 10.7 Å². The molecule has 1 saturated heterocycles. The highest BCUT2D eigenvalue weighted by molar-refractivity contribution is 5.30. The van der Waals surface area contributed by atoms with Crippen LogP contribution in [0.1, 0.15) is 19.0 Å². The van der Waals surface area contributed by atoms with Crippen LogP contribution >= 0.6 is 0 Å². The van der Waals surface area contributed by atoms with Crippen LogP contribution in [0.25, 0.3) is 0 Å². The average molecular weight is 184 g/mol. The number of hydrogen-bond acceptors (Lipinski definition) is 3. The summed E-state index contributed by atoms with van der Waals surface area (Å²) in [6.45, 7) is 4.54. The van der Waals surface area contributed by atoms with Crippen LogP contribution in [0, 0.1) is 6.92 Å². The number of hydrogen-bond donors (Lipinski definition) is 0. The first-order valence-corrected chi connectivity index (χ1v) is 4.43. The van der Waals surface area contributed by atoms with Crippen molar-refractivity contribution in [2.24, 2.45) is 0 Å². The molecule has 2 rings (SSSR count). The average Bonchev–Trinajstić information content (AvgIpc) is 2.56. The van der Waals surface area contributed by atoms with Gasteiger partial charge in [-0.05, 0) is 13.8 Å². The van der Waals surface area contributed by atoms with E-state index in [-0.39, 0.29) is 0 Å². The Morgan fingerprint density at radius 2 is 2.46 bits per heavy atom. The third-order valence-corrected chi connectivity index (χ3v) is 2.30. The van der Waals surface area contributed by atoms with Crippen LogP contribution in [-0.2, 0) is 0 Å². The highest BCUT2D eigenvalue weighted by Crippen LogP contribution is 2.28. The number of alkyl halides is 1. The Bertz CT molecular complexity index is 308. The quantitative estimate of drug-likeness (QED) is 0.667. The number of rotatable bonds is 1. The maximum absolute atomic E-state index is 13.4. The number of aromatic nitrogens is 1. The first-order valence-electron chi connectivity index (χ1n) is 4.43. The van der Waals surface area contributed by atoms with Gasteiger partial charge in [0.05, 0.1) is 12.2 Å². The molecule has 1 aliphatic rings. The summed E-state index contributed by atoms with van der Waals surface area (Å²) in [5.74, 6) is 0. The van der Waals surface area contributed by atoms with Crippen molar-refractivity contribution in [1.82, 2.24) is 4.98 Å². The van der Waals surface area contributed by atoms with E-state index in [1.165, 1.54) is 0 Å². The minimum atomic E-state index is -1.09. The van der Waals surface area contributed by atoms with E-state index in [0.717, 1.165) is 5.69 Å². The second kappa shape index (κ2) is 2.72. The predicted molar refractivity (Wildman–Crippen MR) is 47.6 cm³/mol. The van der Waals surface area contributed by atoms with Gasteiger partial charge >= 0.3 is 0 Å².